The van der Waals surface area contributed by atoms with Gasteiger partial charge in [0.05, 0.1) is 12.2 Å². The second-order valence-corrected chi connectivity index (χ2v) is 13.3. The Morgan fingerprint density at radius 3 is 0.972 bits per heavy atom. The van der Waals surface area contributed by atoms with Crippen LogP contribution in [0, 0.1) is 0 Å². The van der Waals surface area contributed by atoms with Crippen LogP contribution in [0.2, 0.25) is 0 Å². The average molecular weight is 517 g/mol. The molecule has 8 nitrogen and oxygen atoms in total. The Morgan fingerprint density at radius 1 is 0.556 bits per heavy atom. The Hall–Kier alpha value is -1.22. The highest BCUT2D eigenvalue weighted by atomic mass is 16.4. The van der Waals surface area contributed by atoms with Crippen molar-refractivity contribution in [1.29, 1.82) is 0 Å². The molecule has 8 heteroatoms. The fraction of sp³-hybridized carbons (Fsp3) is 0.929. The van der Waals surface area contributed by atoms with Gasteiger partial charge in [0, 0.05) is 35.0 Å². The first-order valence-electron chi connectivity index (χ1n) is 13.6. The molecule has 2 aliphatic rings. The van der Waals surface area contributed by atoms with Crippen LogP contribution in [0.25, 0.3) is 0 Å². The highest BCUT2D eigenvalue weighted by molar-refractivity contribution is 5.66. The van der Waals surface area contributed by atoms with Crippen molar-refractivity contribution < 1.29 is 30.0 Å². The third-order valence-electron chi connectivity index (χ3n) is 6.37. The molecule has 0 aromatic rings. The van der Waals surface area contributed by atoms with E-state index in [9.17, 15) is 19.8 Å². The molecule has 36 heavy (non-hydrogen) atoms. The van der Waals surface area contributed by atoms with Gasteiger partial charge in [0.15, 0.2) is 0 Å². The number of unbranched alkanes of at least 4 members (excludes halogenated alkanes) is 5. The van der Waals surface area contributed by atoms with Crippen molar-refractivity contribution in [3.05, 3.63) is 0 Å². The molecule has 0 aliphatic carbocycles. The zero-order valence-electron chi connectivity index (χ0n) is 24.2. The van der Waals surface area contributed by atoms with Gasteiger partial charge < -0.3 is 31.1 Å². The third kappa shape index (κ3) is 19.0. The Labute approximate surface area is 219 Å². The number of carbonyl (C=O) groups is 2. The third-order valence-corrected chi connectivity index (χ3v) is 6.37. The molecular formula is C28H56N2O6. The van der Waals surface area contributed by atoms with Gasteiger partial charge in [-0.05, 0) is 93.9 Å². The molecule has 2 fully saturated rings. The van der Waals surface area contributed by atoms with Crippen LogP contribution in [-0.4, -0.2) is 66.7 Å². The monoisotopic (exact) mass is 516 g/mol. The first kappa shape index (κ1) is 34.8. The number of rotatable bonds is 9. The van der Waals surface area contributed by atoms with Crippen LogP contribution in [0.3, 0.4) is 0 Å². The van der Waals surface area contributed by atoms with Gasteiger partial charge in [-0.3, -0.25) is 9.59 Å². The van der Waals surface area contributed by atoms with Crippen molar-refractivity contribution in [2.75, 3.05) is 0 Å². The average Bonchev–Trinajstić information content (AvgIpc) is 2.58. The molecule has 0 saturated carbocycles. The van der Waals surface area contributed by atoms with Crippen LogP contribution in [-0.2, 0) is 9.59 Å². The summed E-state index contributed by atoms with van der Waals surface area (Å²) in [6.45, 7) is 17.1. The van der Waals surface area contributed by atoms with Crippen molar-refractivity contribution in [3.8, 4) is 0 Å². The number of aliphatic hydroxyl groups is 2. The Kier molecular flexibility index (Phi) is 14.7. The van der Waals surface area contributed by atoms with Crippen molar-refractivity contribution in [3.63, 3.8) is 0 Å². The van der Waals surface area contributed by atoms with Crippen LogP contribution >= 0.6 is 0 Å². The number of carboxylic acid groups (broad SMARTS) is 2. The molecule has 0 aromatic carbocycles. The number of nitrogens with one attached hydrogen (secondary N) is 2. The summed E-state index contributed by atoms with van der Waals surface area (Å²) in [6, 6.07) is 0. The van der Waals surface area contributed by atoms with E-state index in [1.165, 1.54) is 0 Å². The fourth-order valence-corrected chi connectivity index (χ4v) is 5.80. The molecule has 0 unspecified atom stereocenters. The van der Waals surface area contributed by atoms with Crippen LogP contribution < -0.4 is 10.6 Å². The predicted molar refractivity (Wildman–Crippen MR) is 145 cm³/mol. The normalized spacial score (nSPS) is 22.4. The van der Waals surface area contributed by atoms with Gasteiger partial charge in [0.1, 0.15) is 0 Å². The summed E-state index contributed by atoms with van der Waals surface area (Å²) in [5, 5.41) is 42.8. The highest BCUT2D eigenvalue weighted by Crippen LogP contribution is 2.29. The topological polar surface area (TPSA) is 139 Å². The smallest absolute Gasteiger partial charge is 0.303 e. The number of aliphatic hydroxyl groups excluding tert-OH is 2. The summed E-state index contributed by atoms with van der Waals surface area (Å²) in [5.74, 6) is -1.48. The molecule has 0 spiro atoms. The number of hydrogen-bond acceptors (Lipinski definition) is 6. The summed E-state index contributed by atoms with van der Waals surface area (Å²) < 4.78 is 0. The molecule has 2 rings (SSSR count). The lowest BCUT2D eigenvalue weighted by Gasteiger charge is -2.44. The summed E-state index contributed by atoms with van der Waals surface area (Å²) in [7, 11) is 0. The zero-order chi connectivity index (χ0) is 28.2. The molecule has 0 aromatic heterocycles. The number of piperidine rings is 2. The zero-order valence-corrected chi connectivity index (χ0v) is 24.2. The summed E-state index contributed by atoms with van der Waals surface area (Å²) >= 11 is 0. The van der Waals surface area contributed by atoms with Gasteiger partial charge in [0.2, 0.25) is 0 Å². The molecule has 2 aliphatic heterocycles. The lowest BCUT2D eigenvalue weighted by atomic mass is 9.81. The van der Waals surface area contributed by atoms with E-state index in [2.05, 4.69) is 66.0 Å². The molecule has 6 N–H and O–H groups in total. The molecule has 0 radical (unpaired) electrons. The predicted octanol–water partition coefficient (Wildman–Crippen LogP) is 4.85. The summed E-state index contributed by atoms with van der Waals surface area (Å²) in [5.41, 5.74) is 0.338. The van der Waals surface area contributed by atoms with Crippen molar-refractivity contribution in [1.82, 2.24) is 10.6 Å². The summed E-state index contributed by atoms with van der Waals surface area (Å²) in [4.78, 5) is 20.3. The SMILES string of the molecule is CC1(C)CC(O)CC(C)(C)N1.CC1(C)CC(O)CC(C)(C)N1.O=C(O)CCCCCCCCC(=O)O. The van der Waals surface area contributed by atoms with Gasteiger partial charge in [-0.25, -0.2) is 0 Å². The van der Waals surface area contributed by atoms with E-state index in [-0.39, 0.29) is 47.2 Å². The minimum Gasteiger partial charge on any atom is -0.481 e. The molecular weight excluding hydrogens is 460 g/mol. The van der Waals surface area contributed by atoms with Crippen LogP contribution in [0.15, 0.2) is 0 Å². The summed E-state index contributed by atoms with van der Waals surface area (Å²) in [6.07, 6.45) is 8.98. The Morgan fingerprint density at radius 2 is 0.778 bits per heavy atom. The van der Waals surface area contributed by atoms with Crippen LogP contribution in [0.1, 0.15) is 132 Å². The number of hydrogen-bond donors (Lipinski definition) is 6. The lowest BCUT2D eigenvalue weighted by Crippen LogP contribution is -2.59. The maximum Gasteiger partial charge on any atom is 0.303 e. The lowest BCUT2D eigenvalue weighted by molar-refractivity contribution is -0.138. The van der Waals surface area contributed by atoms with Crippen molar-refractivity contribution in [2.24, 2.45) is 0 Å². The van der Waals surface area contributed by atoms with E-state index in [1.807, 2.05) is 0 Å². The molecule has 214 valence electrons. The highest BCUT2D eigenvalue weighted by Gasteiger charge is 2.37. The second-order valence-electron chi connectivity index (χ2n) is 13.3. The van der Waals surface area contributed by atoms with Gasteiger partial charge in [0.25, 0.3) is 0 Å². The van der Waals surface area contributed by atoms with Crippen molar-refractivity contribution >= 4 is 11.9 Å². The van der Waals surface area contributed by atoms with E-state index < -0.39 is 11.9 Å². The maximum absolute atomic E-state index is 10.1. The molecule has 2 saturated heterocycles. The first-order chi connectivity index (χ1) is 16.2. The van der Waals surface area contributed by atoms with E-state index in [1.54, 1.807) is 0 Å². The Balaban J connectivity index is 0.000000515. The minimum absolute atomic E-state index is 0.0845. The van der Waals surface area contributed by atoms with Gasteiger partial charge in [-0.1, -0.05) is 25.7 Å². The second kappa shape index (κ2) is 15.3. The van der Waals surface area contributed by atoms with Gasteiger partial charge in [-0.2, -0.15) is 0 Å². The number of carboxylic acids is 2. The quantitative estimate of drug-likeness (QED) is 0.239. The number of aliphatic carboxylic acids is 2. The molecule has 0 amide bonds. The Bertz CT molecular complexity index is 572. The first-order valence-corrected chi connectivity index (χ1v) is 13.6. The maximum atomic E-state index is 10.1. The van der Waals surface area contributed by atoms with E-state index in [4.69, 9.17) is 10.2 Å². The van der Waals surface area contributed by atoms with Crippen LogP contribution in [0.5, 0.6) is 0 Å². The fourth-order valence-electron chi connectivity index (χ4n) is 5.80. The largest absolute Gasteiger partial charge is 0.481 e. The van der Waals surface area contributed by atoms with Crippen LogP contribution in [0.4, 0.5) is 0 Å². The van der Waals surface area contributed by atoms with Gasteiger partial charge in [-0.15, -0.1) is 0 Å². The molecule has 2 heterocycles. The molecule has 0 atom stereocenters. The standard InChI is InChI=1S/C10H18O4.2C9H19NO/c11-9(12)7-5-3-1-2-4-6-8-10(13)14;2*1-8(2)5-7(11)6-9(3,4)10-8/h1-8H2,(H,11,12)(H,13,14);2*7,10-11H,5-6H2,1-4H3. The van der Waals surface area contributed by atoms with Gasteiger partial charge >= 0.3 is 11.9 Å². The van der Waals surface area contributed by atoms with Crippen molar-refractivity contribution in [2.45, 2.75) is 167 Å². The minimum atomic E-state index is -0.740. The van der Waals surface area contributed by atoms with E-state index in [0.29, 0.717) is 0 Å². The van der Waals surface area contributed by atoms with E-state index in [0.717, 1.165) is 64.2 Å². The molecule has 0 bridgehead atoms. The van der Waals surface area contributed by atoms with E-state index >= 15 is 0 Å².